The third kappa shape index (κ3) is 5.08. The average Bonchev–Trinajstić information content (AvgIpc) is 2.71. The van der Waals surface area contributed by atoms with E-state index in [2.05, 4.69) is 5.32 Å². The van der Waals surface area contributed by atoms with Gasteiger partial charge in [-0.1, -0.05) is 29.8 Å². The van der Waals surface area contributed by atoms with Gasteiger partial charge in [0.15, 0.2) is 11.6 Å². The van der Waals surface area contributed by atoms with Crippen LogP contribution in [0.3, 0.4) is 0 Å². The zero-order chi connectivity index (χ0) is 22.8. The number of nitrogens with zero attached hydrogens (tertiary/aromatic N) is 1. The summed E-state index contributed by atoms with van der Waals surface area (Å²) in [6.45, 7) is 4.87. The standard InChI is InChI=1S/C23H22F2N2O3S/c1-15-5-9-19(10-6-15)31(29,30)27(22-12-16(2)4-7-17(22)3)14-23(28)26-18-8-11-20(24)21(25)13-18/h4-13H,14H2,1-3H3,(H,26,28). The maximum Gasteiger partial charge on any atom is 0.264 e. The van der Waals surface area contributed by atoms with Gasteiger partial charge in [-0.25, -0.2) is 17.2 Å². The molecule has 0 fully saturated rings. The number of anilines is 2. The molecule has 0 heterocycles. The molecular formula is C23H22F2N2O3S. The highest BCUT2D eigenvalue weighted by atomic mass is 32.2. The van der Waals surface area contributed by atoms with Crippen LogP contribution < -0.4 is 9.62 Å². The molecule has 1 N–H and O–H groups in total. The Balaban J connectivity index is 1.99. The van der Waals surface area contributed by atoms with Crippen LogP contribution in [-0.2, 0) is 14.8 Å². The molecular weight excluding hydrogens is 422 g/mol. The molecule has 5 nitrogen and oxygen atoms in total. The molecule has 0 bridgehead atoms. The van der Waals surface area contributed by atoms with Gasteiger partial charge in [0.25, 0.3) is 10.0 Å². The molecule has 0 saturated carbocycles. The summed E-state index contributed by atoms with van der Waals surface area (Å²) in [6.07, 6.45) is 0. The number of nitrogens with one attached hydrogen (secondary N) is 1. The summed E-state index contributed by atoms with van der Waals surface area (Å²) >= 11 is 0. The Kier molecular flexibility index (Phi) is 6.40. The number of benzene rings is 3. The highest BCUT2D eigenvalue weighted by Gasteiger charge is 2.28. The minimum atomic E-state index is -4.07. The van der Waals surface area contributed by atoms with E-state index in [1.165, 1.54) is 18.2 Å². The first-order valence-electron chi connectivity index (χ1n) is 9.49. The number of carbonyl (C=O) groups excluding carboxylic acids is 1. The van der Waals surface area contributed by atoms with Gasteiger partial charge in [-0.2, -0.15) is 0 Å². The minimum absolute atomic E-state index is 0.0255. The SMILES string of the molecule is Cc1ccc(S(=O)(=O)N(CC(=O)Nc2ccc(F)c(F)c2)c2cc(C)ccc2C)cc1. The molecule has 3 aromatic rings. The van der Waals surface area contributed by atoms with Crippen molar-refractivity contribution in [1.29, 1.82) is 0 Å². The van der Waals surface area contributed by atoms with Gasteiger partial charge in [0, 0.05) is 11.8 Å². The molecule has 0 aliphatic rings. The molecule has 0 aromatic heterocycles. The maximum absolute atomic E-state index is 13.5. The van der Waals surface area contributed by atoms with Gasteiger partial charge in [0.1, 0.15) is 6.54 Å². The van der Waals surface area contributed by atoms with Crippen molar-refractivity contribution in [1.82, 2.24) is 0 Å². The van der Waals surface area contributed by atoms with Gasteiger partial charge in [-0.15, -0.1) is 0 Å². The topological polar surface area (TPSA) is 66.5 Å². The van der Waals surface area contributed by atoms with Gasteiger partial charge >= 0.3 is 0 Å². The van der Waals surface area contributed by atoms with Crippen molar-refractivity contribution in [2.75, 3.05) is 16.2 Å². The molecule has 0 spiro atoms. The number of halogens is 2. The Morgan fingerprint density at radius 1 is 0.871 bits per heavy atom. The highest BCUT2D eigenvalue weighted by molar-refractivity contribution is 7.92. The molecule has 0 aliphatic heterocycles. The van der Waals surface area contributed by atoms with E-state index in [9.17, 15) is 22.0 Å². The number of sulfonamides is 1. The number of hydrogen-bond acceptors (Lipinski definition) is 3. The van der Waals surface area contributed by atoms with Crippen LogP contribution >= 0.6 is 0 Å². The minimum Gasteiger partial charge on any atom is -0.324 e. The zero-order valence-corrected chi connectivity index (χ0v) is 18.1. The lowest BCUT2D eigenvalue weighted by atomic mass is 10.1. The van der Waals surface area contributed by atoms with Crippen LogP contribution in [-0.4, -0.2) is 20.9 Å². The van der Waals surface area contributed by atoms with Gasteiger partial charge in [0.05, 0.1) is 10.6 Å². The highest BCUT2D eigenvalue weighted by Crippen LogP contribution is 2.28. The second-order valence-corrected chi connectivity index (χ2v) is 9.15. The molecule has 162 valence electrons. The molecule has 0 radical (unpaired) electrons. The number of amides is 1. The Labute approximate surface area is 180 Å². The van der Waals surface area contributed by atoms with Crippen molar-refractivity contribution in [3.63, 3.8) is 0 Å². The van der Waals surface area contributed by atoms with Crippen LogP contribution in [0.15, 0.2) is 65.6 Å². The molecule has 0 unspecified atom stereocenters. The molecule has 8 heteroatoms. The third-order valence-electron chi connectivity index (χ3n) is 4.73. The van der Waals surface area contributed by atoms with Crippen molar-refractivity contribution in [2.24, 2.45) is 0 Å². The van der Waals surface area contributed by atoms with Crippen molar-refractivity contribution in [3.05, 3.63) is 89.0 Å². The first-order chi connectivity index (χ1) is 14.6. The Hall–Kier alpha value is -3.26. The third-order valence-corrected chi connectivity index (χ3v) is 6.51. The fourth-order valence-corrected chi connectivity index (χ4v) is 4.51. The number of carbonyl (C=O) groups is 1. The lowest BCUT2D eigenvalue weighted by Crippen LogP contribution is -2.38. The van der Waals surface area contributed by atoms with Crippen LogP contribution in [0.25, 0.3) is 0 Å². The normalized spacial score (nSPS) is 11.3. The average molecular weight is 445 g/mol. The lowest BCUT2D eigenvalue weighted by Gasteiger charge is -2.26. The molecule has 1 amide bonds. The lowest BCUT2D eigenvalue weighted by molar-refractivity contribution is -0.114. The fraction of sp³-hybridized carbons (Fsp3) is 0.174. The maximum atomic E-state index is 13.5. The smallest absolute Gasteiger partial charge is 0.264 e. The van der Waals surface area contributed by atoms with Crippen LogP contribution in [0.5, 0.6) is 0 Å². The monoisotopic (exact) mass is 444 g/mol. The summed E-state index contributed by atoms with van der Waals surface area (Å²) in [5.74, 6) is -2.85. The van der Waals surface area contributed by atoms with Crippen molar-refractivity contribution >= 4 is 27.3 Å². The van der Waals surface area contributed by atoms with Gasteiger partial charge in [-0.3, -0.25) is 9.10 Å². The molecule has 0 atom stereocenters. The summed E-state index contributed by atoms with van der Waals surface area (Å²) in [5.41, 5.74) is 2.78. The second-order valence-electron chi connectivity index (χ2n) is 7.29. The van der Waals surface area contributed by atoms with Gasteiger partial charge in [-0.05, 0) is 62.2 Å². The van der Waals surface area contributed by atoms with E-state index in [1.807, 2.05) is 19.9 Å². The van der Waals surface area contributed by atoms with Gasteiger partial charge < -0.3 is 5.32 Å². The van der Waals surface area contributed by atoms with E-state index in [1.54, 1.807) is 31.2 Å². The van der Waals surface area contributed by atoms with E-state index in [0.29, 0.717) is 11.3 Å². The summed E-state index contributed by atoms with van der Waals surface area (Å²) in [6, 6.07) is 14.5. The summed E-state index contributed by atoms with van der Waals surface area (Å²) < 4.78 is 54.5. The number of aryl methyl sites for hydroxylation is 3. The van der Waals surface area contributed by atoms with Crippen LogP contribution in [0, 0.1) is 32.4 Å². The Morgan fingerprint density at radius 3 is 2.16 bits per heavy atom. The predicted molar refractivity (Wildman–Crippen MR) is 117 cm³/mol. The molecule has 3 aromatic carbocycles. The second kappa shape index (κ2) is 8.85. The summed E-state index contributed by atoms with van der Waals surface area (Å²) in [4.78, 5) is 12.7. The largest absolute Gasteiger partial charge is 0.324 e. The Bertz CT molecular complexity index is 1230. The summed E-state index contributed by atoms with van der Waals surface area (Å²) in [5, 5.41) is 2.43. The Morgan fingerprint density at radius 2 is 1.52 bits per heavy atom. The molecule has 3 rings (SSSR count). The zero-order valence-electron chi connectivity index (χ0n) is 17.3. The molecule has 0 saturated heterocycles. The molecule has 31 heavy (non-hydrogen) atoms. The number of hydrogen-bond donors (Lipinski definition) is 1. The van der Waals surface area contributed by atoms with E-state index < -0.39 is 34.1 Å². The van der Waals surface area contributed by atoms with E-state index >= 15 is 0 Å². The molecule has 0 aliphatic carbocycles. The first-order valence-corrected chi connectivity index (χ1v) is 10.9. The van der Waals surface area contributed by atoms with Crippen LogP contribution in [0.2, 0.25) is 0 Å². The van der Waals surface area contributed by atoms with Gasteiger partial charge in [0.2, 0.25) is 5.91 Å². The van der Waals surface area contributed by atoms with Crippen molar-refractivity contribution < 1.29 is 22.0 Å². The van der Waals surface area contributed by atoms with Crippen molar-refractivity contribution in [2.45, 2.75) is 25.7 Å². The van der Waals surface area contributed by atoms with Crippen LogP contribution in [0.1, 0.15) is 16.7 Å². The fourth-order valence-electron chi connectivity index (χ4n) is 3.03. The van der Waals surface area contributed by atoms with E-state index in [4.69, 9.17) is 0 Å². The first kappa shape index (κ1) is 22.4. The number of rotatable bonds is 6. The summed E-state index contributed by atoms with van der Waals surface area (Å²) in [7, 11) is -4.07. The van der Waals surface area contributed by atoms with E-state index in [-0.39, 0.29) is 10.6 Å². The predicted octanol–water partition coefficient (Wildman–Crippen LogP) is 4.72. The van der Waals surface area contributed by atoms with Crippen molar-refractivity contribution in [3.8, 4) is 0 Å². The van der Waals surface area contributed by atoms with Crippen LogP contribution in [0.4, 0.5) is 20.2 Å². The van der Waals surface area contributed by atoms with E-state index in [0.717, 1.165) is 27.6 Å². The quantitative estimate of drug-likeness (QED) is 0.598.